The maximum absolute atomic E-state index is 12.2. The van der Waals surface area contributed by atoms with Crippen LogP contribution in [0.3, 0.4) is 0 Å². The lowest BCUT2D eigenvalue weighted by atomic mass is 10.2. The predicted molar refractivity (Wildman–Crippen MR) is 73.3 cm³/mol. The van der Waals surface area contributed by atoms with Gasteiger partial charge in [-0.15, -0.1) is 0 Å². The van der Waals surface area contributed by atoms with Crippen LogP contribution in [0, 0.1) is 5.92 Å². The Morgan fingerprint density at radius 3 is 2.63 bits per heavy atom. The second-order valence-corrected chi connectivity index (χ2v) is 4.86. The summed E-state index contributed by atoms with van der Waals surface area (Å²) in [4.78, 5) is 29.4. The summed E-state index contributed by atoms with van der Waals surface area (Å²) in [6.07, 6.45) is 3.25. The van der Waals surface area contributed by atoms with E-state index in [-0.39, 0.29) is 23.5 Å². The standard InChI is InChI=1S/C13H21N3O3/c1-9(2)16-7-6-14-11(12(16)17)15(4)8-10(3)13(18)19-5/h6-7,9-10H,8H2,1-5H3. The first-order chi connectivity index (χ1) is 8.88. The normalized spacial score (nSPS) is 12.3. The second-order valence-electron chi connectivity index (χ2n) is 4.86. The van der Waals surface area contributed by atoms with Crippen molar-refractivity contribution >= 4 is 11.8 Å². The number of aromatic nitrogens is 2. The third-order valence-corrected chi connectivity index (χ3v) is 2.92. The van der Waals surface area contributed by atoms with E-state index in [1.165, 1.54) is 7.11 Å². The molecule has 6 heteroatoms. The summed E-state index contributed by atoms with van der Waals surface area (Å²) in [5.41, 5.74) is -0.155. The summed E-state index contributed by atoms with van der Waals surface area (Å²) in [6.45, 7) is 6.01. The second kappa shape index (κ2) is 6.36. The predicted octanol–water partition coefficient (Wildman–Crippen LogP) is 1.07. The Bertz CT molecular complexity index is 496. The van der Waals surface area contributed by atoms with Gasteiger partial charge >= 0.3 is 5.97 Å². The lowest BCUT2D eigenvalue weighted by molar-refractivity contribution is -0.144. The van der Waals surface area contributed by atoms with Crippen molar-refractivity contribution < 1.29 is 9.53 Å². The Labute approximate surface area is 113 Å². The van der Waals surface area contributed by atoms with Gasteiger partial charge in [-0.3, -0.25) is 9.59 Å². The van der Waals surface area contributed by atoms with Crippen molar-refractivity contribution in [3.63, 3.8) is 0 Å². The number of methoxy groups -OCH3 is 1. The maximum Gasteiger partial charge on any atom is 0.310 e. The molecule has 0 amide bonds. The molecule has 0 aliphatic heterocycles. The zero-order chi connectivity index (χ0) is 14.6. The van der Waals surface area contributed by atoms with Gasteiger partial charge in [-0.2, -0.15) is 0 Å². The fraction of sp³-hybridized carbons (Fsp3) is 0.615. The van der Waals surface area contributed by atoms with Gasteiger partial charge in [-0.1, -0.05) is 6.92 Å². The molecule has 0 N–H and O–H groups in total. The fourth-order valence-corrected chi connectivity index (χ4v) is 1.86. The minimum atomic E-state index is -0.316. The highest BCUT2D eigenvalue weighted by Gasteiger charge is 2.18. The van der Waals surface area contributed by atoms with Gasteiger partial charge in [0.05, 0.1) is 13.0 Å². The zero-order valence-corrected chi connectivity index (χ0v) is 12.1. The Hall–Kier alpha value is -1.85. The van der Waals surface area contributed by atoms with Crippen LogP contribution >= 0.6 is 0 Å². The van der Waals surface area contributed by atoms with E-state index in [4.69, 9.17) is 0 Å². The smallest absolute Gasteiger partial charge is 0.310 e. The maximum atomic E-state index is 12.2. The molecule has 0 bridgehead atoms. The molecule has 0 aromatic carbocycles. The lowest BCUT2D eigenvalue weighted by Gasteiger charge is -2.21. The van der Waals surface area contributed by atoms with Crippen LogP contribution in [0.2, 0.25) is 0 Å². The Kier molecular flexibility index (Phi) is 5.09. The molecule has 0 aliphatic rings. The van der Waals surface area contributed by atoms with Crippen molar-refractivity contribution in [2.24, 2.45) is 5.92 Å². The molecule has 6 nitrogen and oxygen atoms in total. The molecule has 0 spiro atoms. The zero-order valence-electron chi connectivity index (χ0n) is 12.1. The summed E-state index contributed by atoms with van der Waals surface area (Å²) in [5, 5.41) is 0. The number of hydrogen-bond acceptors (Lipinski definition) is 5. The number of esters is 1. The first-order valence-electron chi connectivity index (χ1n) is 6.24. The molecule has 106 valence electrons. The molecule has 0 aliphatic carbocycles. The highest BCUT2D eigenvalue weighted by atomic mass is 16.5. The lowest BCUT2D eigenvalue weighted by Crippen LogP contribution is -2.35. The van der Waals surface area contributed by atoms with Gasteiger partial charge in [-0.05, 0) is 13.8 Å². The third-order valence-electron chi connectivity index (χ3n) is 2.92. The summed E-state index contributed by atoms with van der Waals surface area (Å²) >= 11 is 0. The number of hydrogen-bond donors (Lipinski definition) is 0. The number of ether oxygens (including phenoxy) is 1. The highest BCUT2D eigenvalue weighted by molar-refractivity contribution is 5.72. The van der Waals surface area contributed by atoms with Crippen LogP contribution in [0.15, 0.2) is 17.2 Å². The van der Waals surface area contributed by atoms with Gasteiger partial charge in [-0.25, -0.2) is 4.98 Å². The largest absolute Gasteiger partial charge is 0.469 e. The van der Waals surface area contributed by atoms with Gasteiger partial charge in [0.25, 0.3) is 5.56 Å². The first-order valence-corrected chi connectivity index (χ1v) is 6.24. The number of carbonyl (C=O) groups is 1. The summed E-state index contributed by atoms with van der Waals surface area (Å²) < 4.78 is 6.28. The average Bonchev–Trinajstić information content (AvgIpc) is 2.37. The van der Waals surface area contributed by atoms with Gasteiger partial charge in [0.15, 0.2) is 5.82 Å². The van der Waals surface area contributed by atoms with E-state index in [2.05, 4.69) is 9.72 Å². The van der Waals surface area contributed by atoms with Crippen LogP contribution in [0.4, 0.5) is 5.82 Å². The minimum absolute atomic E-state index is 0.0701. The van der Waals surface area contributed by atoms with E-state index in [1.807, 2.05) is 13.8 Å². The van der Waals surface area contributed by atoms with E-state index in [9.17, 15) is 9.59 Å². The molecular weight excluding hydrogens is 246 g/mol. The Morgan fingerprint density at radius 2 is 2.11 bits per heavy atom. The molecule has 0 radical (unpaired) electrons. The fourth-order valence-electron chi connectivity index (χ4n) is 1.86. The van der Waals surface area contributed by atoms with Crippen molar-refractivity contribution in [1.29, 1.82) is 0 Å². The van der Waals surface area contributed by atoms with Crippen molar-refractivity contribution in [2.75, 3.05) is 25.6 Å². The van der Waals surface area contributed by atoms with Crippen molar-refractivity contribution in [1.82, 2.24) is 9.55 Å². The molecule has 1 aromatic heterocycles. The summed E-state index contributed by atoms with van der Waals surface area (Å²) in [6, 6.07) is 0.0701. The summed E-state index contributed by atoms with van der Waals surface area (Å²) in [5.74, 6) is -0.275. The Balaban J connectivity index is 2.95. The topological polar surface area (TPSA) is 64.4 Å². The van der Waals surface area contributed by atoms with E-state index in [0.717, 1.165) is 0 Å². The molecule has 1 unspecified atom stereocenters. The van der Waals surface area contributed by atoms with Gasteiger partial charge in [0.1, 0.15) is 0 Å². The van der Waals surface area contributed by atoms with E-state index < -0.39 is 0 Å². The first kappa shape index (κ1) is 15.2. The van der Waals surface area contributed by atoms with Crippen LogP contribution in [-0.2, 0) is 9.53 Å². The van der Waals surface area contributed by atoms with Crippen LogP contribution in [0.1, 0.15) is 26.8 Å². The SMILES string of the molecule is COC(=O)C(C)CN(C)c1nccn(C(C)C)c1=O. The van der Waals surface area contributed by atoms with E-state index in [1.54, 1.807) is 35.8 Å². The molecule has 19 heavy (non-hydrogen) atoms. The highest BCUT2D eigenvalue weighted by Crippen LogP contribution is 2.08. The average molecular weight is 267 g/mol. The van der Waals surface area contributed by atoms with Crippen molar-refractivity contribution in [3.05, 3.63) is 22.7 Å². The quantitative estimate of drug-likeness (QED) is 0.747. The summed E-state index contributed by atoms with van der Waals surface area (Å²) in [7, 11) is 3.10. The Morgan fingerprint density at radius 1 is 1.47 bits per heavy atom. The molecule has 1 aromatic rings. The van der Waals surface area contributed by atoms with Crippen LogP contribution < -0.4 is 10.5 Å². The van der Waals surface area contributed by atoms with Crippen LogP contribution in [0.5, 0.6) is 0 Å². The number of nitrogens with zero attached hydrogens (tertiary/aromatic N) is 3. The minimum Gasteiger partial charge on any atom is -0.469 e. The van der Waals surface area contributed by atoms with E-state index >= 15 is 0 Å². The number of rotatable bonds is 5. The van der Waals surface area contributed by atoms with E-state index in [0.29, 0.717) is 12.4 Å². The van der Waals surface area contributed by atoms with Gasteiger partial charge in [0.2, 0.25) is 0 Å². The number of carbonyl (C=O) groups excluding carboxylic acids is 1. The van der Waals surface area contributed by atoms with Gasteiger partial charge < -0.3 is 14.2 Å². The molecule has 1 heterocycles. The third kappa shape index (κ3) is 3.56. The molecule has 0 saturated heterocycles. The molecule has 1 atom stereocenters. The molecule has 0 saturated carbocycles. The van der Waals surface area contributed by atoms with Crippen molar-refractivity contribution in [2.45, 2.75) is 26.8 Å². The van der Waals surface area contributed by atoms with Gasteiger partial charge in [0, 0.05) is 32.0 Å². The number of anilines is 1. The van der Waals surface area contributed by atoms with Crippen LogP contribution in [-0.4, -0.2) is 36.2 Å². The monoisotopic (exact) mass is 267 g/mol. The molecule has 1 rings (SSSR count). The molecule has 0 fully saturated rings. The van der Waals surface area contributed by atoms with Crippen molar-refractivity contribution in [3.8, 4) is 0 Å². The molecular formula is C13H21N3O3. The van der Waals surface area contributed by atoms with Crippen LogP contribution in [0.25, 0.3) is 0 Å².